The summed E-state index contributed by atoms with van der Waals surface area (Å²) in [5.41, 5.74) is 1.11. The summed E-state index contributed by atoms with van der Waals surface area (Å²) in [7, 11) is 5.11. The summed E-state index contributed by atoms with van der Waals surface area (Å²) in [4.78, 5) is 13.4. The van der Waals surface area contributed by atoms with Crippen molar-refractivity contribution in [2.24, 2.45) is 0 Å². The van der Waals surface area contributed by atoms with Crippen LogP contribution in [0.25, 0.3) is 0 Å². The Kier molecular flexibility index (Phi) is 5.71. The fraction of sp³-hybridized carbons (Fsp3) is 0.278. The lowest BCUT2D eigenvalue weighted by Crippen LogP contribution is -2.24. The van der Waals surface area contributed by atoms with E-state index in [9.17, 15) is 9.18 Å². The van der Waals surface area contributed by atoms with E-state index in [1.807, 2.05) is 49.3 Å². The van der Waals surface area contributed by atoms with Gasteiger partial charge in [0.1, 0.15) is 6.10 Å². The lowest BCUT2D eigenvalue weighted by Gasteiger charge is -2.23. The molecule has 23 heavy (non-hydrogen) atoms. The highest BCUT2D eigenvalue weighted by Crippen LogP contribution is 2.26. The van der Waals surface area contributed by atoms with E-state index < -0.39 is 11.8 Å². The molecule has 0 radical (unpaired) electrons. The summed E-state index contributed by atoms with van der Waals surface area (Å²) >= 11 is 0. The molecule has 2 rings (SSSR count). The highest BCUT2D eigenvalue weighted by molar-refractivity contribution is 5.89. The third kappa shape index (κ3) is 4.53. The number of ether oxygens (including phenoxy) is 2. The molecule has 0 aromatic heterocycles. The van der Waals surface area contributed by atoms with Gasteiger partial charge in [0.2, 0.25) is 0 Å². The molecule has 0 bridgehead atoms. The molecule has 0 saturated heterocycles. The maximum atomic E-state index is 14.2. The van der Waals surface area contributed by atoms with E-state index in [0.717, 1.165) is 11.6 Å². The first-order valence-corrected chi connectivity index (χ1v) is 7.25. The third-order valence-electron chi connectivity index (χ3n) is 3.32. The average molecular weight is 317 g/mol. The molecule has 122 valence electrons. The van der Waals surface area contributed by atoms with Crippen LogP contribution in [-0.4, -0.2) is 38.6 Å². The molecular formula is C18H20FNO3. The number of halogens is 1. The zero-order valence-corrected chi connectivity index (χ0v) is 13.5. The van der Waals surface area contributed by atoms with Crippen molar-refractivity contribution < 1.29 is 18.7 Å². The number of esters is 1. The van der Waals surface area contributed by atoms with Gasteiger partial charge in [-0.3, -0.25) is 0 Å². The molecule has 0 aliphatic rings. The van der Waals surface area contributed by atoms with Crippen molar-refractivity contribution in [2.75, 3.05) is 27.7 Å². The van der Waals surface area contributed by atoms with Gasteiger partial charge < -0.3 is 14.4 Å². The molecule has 4 nitrogen and oxygen atoms in total. The van der Waals surface area contributed by atoms with Gasteiger partial charge in [-0.25, -0.2) is 9.18 Å². The Hall–Kier alpha value is -2.40. The Labute approximate surface area is 135 Å². The molecule has 0 amide bonds. The van der Waals surface area contributed by atoms with Crippen LogP contribution in [0.3, 0.4) is 0 Å². The number of carbonyl (C=O) groups is 1. The Morgan fingerprint density at radius 2 is 1.87 bits per heavy atom. The molecule has 1 unspecified atom stereocenters. The predicted molar refractivity (Wildman–Crippen MR) is 86.1 cm³/mol. The standard InChI is InChI=1S/C18H20FNO3/c1-20(2)12-17(13-7-5-4-6-8-13)23-16-10-9-14(11-15(16)19)18(21)22-3/h4-11,17H,12H2,1-3H3. The van der Waals surface area contributed by atoms with E-state index in [2.05, 4.69) is 4.74 Å². The van der Waals surface area contributed by atoms with Crippen molar-refractivity contribution in [2.45, 2.75) is 6.10 Å². The number of hydrogen-bond acceptors (Lipinski definition) is 4. The number of benzene rings is 2. The minimum absolute atomic E-state index is 0.105. The molecular weight excluding hydrogens is 297 g/mol. The second kappa shape index (κ2) is 7.74. The number of carbonyl (C=O) groups excluding carboxylic acids is 1. The first-order valence-electron chi connectivity index (χ1n) is 7.25. The quantitative estimate of drug-likeness (QED) is 0.766. The van der Waals surface area contributed by atoms with E-state index in [1.165, 1.54) is 19.2 Å². The molecule has 2 aromatic carbocycles. The van der Waals surface area contributed by atoms with Gasteiger partial charge in [0, 0.05) is 6.54 Å². The van der Waals surface area contributed by atoms with Gasteiger partial charge in [-0.05, 0) is 37.9 Å². The molecule has 0 fully saturated rings. The van der Waals surface area contributed by atoms with Gasteiger partial charge in [0.15, 0.2) is 11.6 Å². The zero-order chi connectivity index (χ0) is 16.8. The van der Waals surface area contributed by atoms with Crippen LogP contribution < -0.4 is 4.74 Å². The number of nitrogens with zero attached hydrogens (tertiary/aromatic N) is 1. The molecule has 0 N–H and O–H groups in total. The van der Waals surface area contributed by atoms with Gasteiger partial charge in [-0.15, -0.1) is 0 Å². The maximum absolute atomic E-state index is 14.2. The van der Waals surface area contributed by atoms with Gasteiger partial charge >= 0.3 is 5.97 Å². The summed E-state index contributed by atoms with van der Waals surface area (Å²) < 4.78 is 24.6. The van der Waals surface area contributed by atoms with E-state index in [0.29, 0.717) is 6.54 Å². The minimum Gasteiger partial charge on any atom is -0.481 e. The molecule has 0 saturated carbocycles. The summed E-state index contributed by atoms with van der Waals surface area (Å²) in [5.74, 6) is -1.07. The van der Waals surface area contributed by atoms with Gasteiger partial charge in [-0.1, -0.05) is 30.3 Å². The first-order chi connectivity index (χ1) is 11.0. The van der Waals surface area contributed by atoms with Crippen molar-refractivity contribution in [1.82, 2.24) is 4.90 Å². The number of rotatable bonds is 6. The van der Waals surface area contributed by atoms with Crippen LogP contribution in [0.1, 0.15) is 22.0 Å². The smallest absolute Gasteiger partial charge is 0.337 e. The second-order valence-electron chi connectivity index (χ2n) is 5.42. The van der Waals surface area contributed by atoms with Crippen LogP contribution in [0.5, 0.6) is 5.75 Å². The summed E-state index contributed by atoms with van der Waals surface area (Å²) in [5, 5.41) is 0. The van der Waals surface area contributed by atoms with Crippen molar-refractivity contribution in [1.29, 1.82) is 0 Å². The predicted octanol–water partition coefficient (Wildman–Crippen LogP) is 3.29. The van der Waals surface area contributed by atoms with Crippen LogP contribution in [0.4, 0.5) is 4.39 Å². The molecule has 0 spiro atoms. The van der Waals surface area contributed by atoms with Gasteiger partial charge in [0.05, 0.1) is 12.7 Å². The molecule has 0 aliphatic heterocycles. The van der Waals surface area contributed by atoms with E-state index in [1.54, 1.807) is 0 Å². The van der Waals surface area contributed by atoms with Crippen LogP contribution in [0.15, 0.2) is 48.5 Å². The third-order valence-corrected chi connectivity index (χ3v) is 3.32. The second-order valence-corrected chi connectivity index (χ2v) is 5.42. The highest BCUT2D eigenvalue weighted by Gasteiger charge is 2.18. The Bertz CT molecular complexity index is 659. The molecule has 2 aromatic rings. The number of likely N-dealkylation sites (N-methyl/N-ethyl adjacent to an activating group) is 1. The van der Waals surface area contributed by atoms with Crippen LogP contribution in [0, 0.1) is 5.82 Å². The zero-order valence-electron chi connectivity index (χ0n) is 13.5. The Morgan fingerprint density at radius 3 is 2.43 bits per heavy atom. The number of methoxy groups -OCH3 is 1. The fourth-order valence-electron chi connectivity index (χ4n) is 2.20. The van der Waals surface area contributed by atoms with Crippen LogP contribution >= 0.6 is 0 Å². The monoisotopic (exact) mass is 317 g/mol. The van der Waals surface area contributed by atoms with Gasteiger partial charge in [0.25, 0.3) is 0 Å². The molecule has 1 atom stereocenters. The van der Waals surface area contributed by atoms with Crippen molar-refractivity contribution >= 4 is 5.97 Å². The molecule has 0 aliphatic carbocycles. The normalized spacial score (nSPS) is 12.0. The van der Waals surface area contributed by atoms with E-state index in [4.69, 9.17) is 4.74 Å². The van der Waals surface area contributed by atoms with Crippen molar-refractivity contribution in [3.05, 3.63) is 65.5 Å². The molecule has 0 heterocycles. The van der Waals surface area contributed by atoms with Crippen LogP contribution in [-0.2, 0) is 4.74 Å². The average Bonchev–Trinajstić information content (AvgIpc) is 2.55. The SMILES string of the molecule is COC(=O)c1ccc(OC(CN(C)C)c2ccccc2)c(F)c1. The number of hydrogen-bond donors (Lipinski definition) is 0. The van der Waals surface area contributed by atoms with E-state index >= 15 is 0 Å². The topological polar surface area (TPSA) is 38.8 Å². The highest BCUT2D eigenvalue weighted by atomic mass is 19.1. The summed E-state index contributed by atoms with van der Waals surface area (Å²) in [6, 6.07) is 13.7. The van der Waals surface area contributed by atoms with E-state index in [-0.39, 0.29) is 17.4 Å². The summed E-state index contributed by atoms with van der Waals surface area (Å²) in [6.07, 6.45) is -0.315. The van der Waals surface area contributed by atoms with Gasteiger partial charge in [-0.2, -0.15) is 0 Å². The first kappa shape index (κ1) is 17.0. The lowest BCUT2D eigenvalue weighted by atomic mass is 10.1. The Balaban J connectivity index is 2.24. The largest absolute Gasteiger partial charge is 0.481 e. The van der Waals surface area contributed by atoms with Crippen molar-refractivity contribution in [3.63, 3.8) is 0 Å². The van der Waals surface area contributed by atoms with Crippen LogP contribution in [0.2, 0.25) is 0 Å². The fourth-order valence-corrected chi connectivity index (χ4v) is 2.20. The minimum atomic E-state index is -0.590. The Morgan fingerprint density at radius 1 is 1.17 bits per heavy atom. The maximum Gasteiger partial charge on any atom is 0.337 e. The summed E-state index contributed by atoms with van der Waals surface area (Å²) in [6.45, 7) is 0.599. The molecule has 5 heteroatoms. The lowest BCUT2D eigenvalue weighted by molar-refractivity contribution is 0.0600. The van der Waals surface area contributed by atoms with Crippen molar-refractivity contribution in [3.8, 4) is 5.75 Å².